The Kier molecular flexibility index (Phi) is 20.4. The fourth-order valence-corrected chi connectivity index (χ4v) is 7.34. The lowest BCUT2D eigenvalue weighted by Crippen LogP contribution is -2.36. The molecule has 0 unspecified atom stereocenters. The quantitative estimate of drug-likeness (QED) is 0.106. The van der Waals surface area contributed by atoms with Crippen molar-refractivity contribution in [3.63, 3.8) is 0 Å². The predicted molar refractivity (Wildman–Crippen MR) is 258 cm³/mol. The normalized spacial score (nSPS) is 13.5. The number of nitrogens with one attached hydrogen (secondary N) is 2. The number of halogens is 5. The van der Waals surface area contributed by atoms with Gasteiger partial charge in [0, 0.05) is 57.1 Å². The molecule has 0 bridgehead atoms. The molecule has 0 spiro atoms. The van der Waals surface area contributed by atoms with E-state index in [1.54, 1.807) is 55.1 Å². The molecule has 7 rings (SSSR count). The van der Waals surface area contributed by atoms with Crippen molar-refractivity contribution in [3.05, 3.63) is 177 Å². The molecule has 5 aromatic rings. The van der Waals surface area contributed by atoms with E-state index < -0.39 is 51.6 Å². The Bertz CT molecular complexity index is 2520. The SMILES string of the molecule is C.CC1=C(c2ccc(NC(=O)c3c(F)cccc3F)cc2)CN(Cc2ccccc2)CC1.CCOC(=O)Cl.CCOC(=O)N1CCC(C)=C(c2ccc(NC(=O)c3c(F)cccc3F)cc2)C1.[2HH]. The Labute approximate surface area is 395 Å². The monoisotopic (exact) mass is 945 g/mol. The van der Waals surface area contributed by atoms with Gasteiger partial charge in [-0.3, -0.25) is 14.5 Å². The minimum absolute atomic E-state index is 0. The molecule has 3 amide bonds. The summed E-state index contributed by atoms with van der Waals surface area (Å²) in [5, 5.41) is 5.08. The van der Waals surface area contributed by atoms with E-state index in [4.69, 9.17) is 16.3 Å². The van der Waals surface area contributed by atoms with Gasteiger partial charge in [-0.1, -0.05) is 85.3 Å². The van der Waals surface area contributed by atoms with Crippen molar-refractivity contribution in [2.24, 2.45) is 0 Å². The van der Waals surface area contributed by atoms with Crippen LogP contribution in [0.25, 0.3) is 11.1 Å². The number of hydrogen-bond acceptors (Lipinski definition) is 7. The molecular weight excluding hydrogens is 888 g/mol. The lowest BCUT2D eigenvalue weighted by atomic mass is 9.94. The predicted octanol–water partition coefficient (Wildman–Crippen LogP) is 13.0. The number of anilines is 2. The topological polar surface area (TPSA) is 117 Å². The lowest BCUT2D eigenvalue weighted by Gasteiger charge is -2.30. The van der Waals surface area contributed by atoms with Crippen LogP contribution in [0.5, 0.6) is 0 Å². The van der Waals surface area contributed by atoms with Crippen LogP contribution in [0.4, 0.5) is 38.5 Å². The smallest absolute Gasteiger partial charge is 0.410 e. The standard InChI is InChI=1S/C26H24F2N2O.C22H22F2N2O3.C3H5ClO2.CH4.H2/c1-18-14-15-30(16-19-6-3-2-4-7-19)17-22(18)20-10-12-21(13-11-20)29-26(31)25-23(27)8-5-9-24(25)28;1-3-29-22(28)26-12-11-14(2)17(13-26)15-7-9-16(10-8-15)25-21(27)20-18(23)5-4-6-19(20)24;1-2-6-3(4)5;;/h2-13H,14-17H2,1H3,(H,29,31);4-10H,3,11-13H2,1-2H3,(H,25,27);2H2,1H3;1H4;1H/i;;;;1+1. The van der Waals surface area contributed by atoms with Crippen molar-refractivity contribution in [3.8, 4) is 0 Å². The van der Waals surface area contributed by atoms with Crippen LogP contribution in [0.1, 0.15) is 86.8 Å². The molecule has 0 radical (unpaired) electrons. The van der Waals surface area contributed by atoms with Crippen molar-refractivity contribution in [1.29, 1.82) is 0 Å². The Balaban J connectivity index is 0.000000314. The van der Waals surface area contributed by atoms with E-state index in [0.717, 1.165) is 73.4 Å². The molecule has 2 heterocycles. The molecule has 0 aliphatic carbocycles. The molecule has 67 heavy (non-hydrogen) atoms. The molecule has 2 N–H and O–H groups in total. The summed E-state index contributed by atoms with van der Waals surface area (Å²) in [7, 11) is 0. The van der Waals surface area contributed by atoms with Crippen molar-refractivity contribution in [1.82, 2.24) is 9.80 Å². The third kappa shape index (κ3) is 15.1. The highest BCUT2D eigenvalue weighted by Gasteiger charge is 2.24. The van der Waals surface area contributed by atoms with E-state index >= 15 is 0 Å². The zero-order chi connectivity index (χ0) is 47.8. The second-order valence-electron chi connectivity index (χ2n) is 15.3. The van der Waals surface area contributed by atoms with E-state index in [-0.39, 0.29) is 14.9 Å². The summed E-state index contributed by atoms with van der Waals surface area (Å²) in [5.41, 5.74) is 7.09. The van der Waals surface area contributed by atoms with E-state index in [1.165, 1.54) is 34.4 Å². The van der Waals surface area contributed by atoms with Gasteiger partial charge in [0.05, 0.1) is 13.2 Å². The van der Waals surface area contributed by atoms with Crippen molar-refractivity contribution in [2.45, 2.75) is 54.5 Å². The number of benzene rings is 5. The van der Waals surface area contributed by atoms with E-state index in [9.17, 15) is 36.7 Å². The summed E-state index contributed by atoms with van der Waals surface area (Å²) in [6, 6.07) is 31.4. The Morgan fingerprint density at radius 1 is 0.597 bits per heavy atom. The second-order valence-corrected chi connectivity index (χ2v) is 15.6. The highest BCUT2D eigenvalue weighted by atomic mass is 35.5. The number of carbonyl (C=O) groups excluding carboxylic acids is 4. The van der Waals surface area contributed by atoms with E-state index in [1.807, 2.05) is 25.1 Å². The zero-order valence-corrected chi connectivity index (χ0v) is 37.8. The summed E-state index contributed by atoms with van der Waals surface area (Å²) >= 11 is 4.72. The highest BCUT2D eigenvalue weighted by Crippen LogP contribution is 2.30. The van der Waals surface area contributed by atoms with Crippen LogP contribution < -0.4 is 10.6 Å². The third-order valence-electron chi connectivity index (χ3n) is 10.7. The van der Waals surface area contributed by atoms with E-state index in [0.29, 0.717) is 37.7 Å². The summed E-state index contributed by atoms with van der Waals surface area (Å²) < 4.78 is 64.4. The number of hydrogen-bond donors (Lipinski definition) is 2. The lowest BCUT2D eigenvalue weighted by molar-refractivity contribution is 0.101. The van der Waals surface area contributed by atoms with Gasteiger partial charge < -0.3 is 25.0 Å². The van der Waals surface area contributed by atoms with Crippen LogP contribution in [-0.4, -0.2) is 72.5 Å². The molecular formula is C52H57ClF4N4O6. The van der Waals surface area contributed by atoms with Crippen LogP contribution >= 0.6 is 11.6 Å². The Morgan fingerprint density at radius 2 is 1.03 bits per heavy atom. The molecule has 0 fully saturated rings. The first-order valence-corrected chi connectivity index (χ1v) is 21.7. The van der Waals surface area contributed by atoms with Gasteiger partial charge in [-0.25, -0.2) is 27.2 Å². The minimum atomic E-state index is -0.916. The second kappa shape index (κ2) is 25.8. The average Bonchev–Trinajstić information content (AvgIpc) is 3.28. The first kappa shape index (κ1) is 52.9. The molecule has 5 aromatic carbocycles. The molecule has 15 heteroatoms. The number of rotatable bonds is 10. The van der Waals surface area contributed by atoms with Gasteiger partial charge in [-0.05, 0) is 117 Å². The van der Waals surface area contributed by atoms with Crippen LogP contribution in [0.15, 0.2) is 126 Å². The molecule has 0 atom stereocenters. The van der Waals surface area contributed by atoms with Crippen LogP contribution in [0.3, 0.4) is 0 Å². The maximum Gasteiger partial charge on any atom is 0.410 e. The van der Waals surface area contributed by atoms with Gasteiger partial charge in [0.15, 0.2) is 0 Å². The van der Waals surface area contributed by atoms with Crippen molar-refractivity contribution in [2.75, 3.05) is 50.0 Å². The summed E-state index contributed by atoms with van der Waals surface area (Å²) in [6.45, 7) is 12.1. The third-order valence-corrected chi connectivity index (χ3v) is 10.8. The number of carbonyl (C=O) groups is 4. The van der Waals surface area contributed by atoms with Gasteiger partial charge in [0.2, 0.25) is 0 Å². The number of amides is 3. The first-order chi connectivity index (χ1) is 31.7. The van der Waals surface area contributed by atoms with Gasteiger partial charge in [-0.2, -0.15) is 0 Å². The van der Waals surface area contributed by atoms with Gasteiger partial charge in [-0.15, -0.1) is 0 Å². The zero-order valence-electron chi connectivity index (χ0n) is 37.1. The average molecular weight is 947 g/mol. The summed E-state index contributed by atoms with van der Waals surface area (Å²) in [4.78, 5) is 50.2. The largest absolute Gasteiger partial charge is 0.454 e. The first-order valence-electron chi connectivity index (χ1n) is 21.3. The Morgan fingerprint density at radius 3 is 1.45 bits per heavy atom. The maximum atomic E-state index is 13.8. The fourth-order valence-electron chi connectivity index (χ4n) is 7.23. The number of nitrogens with zero attached hydrogens (tertiary/aromatic N) is 2. The van der Waals surface area contributed by atoms with E-state index in [2.05, 4.69) is 51.5 Å². The fraction of sp³-hybridized carbons (Fsp3) is 0.269. The summed E-state index contributed by atoms with van der Waals surface area (Å²) in [5.74, 6) is -5.24. The summed E-state index contributed by atoms with van der Waals surface area (Å²) in [6.07, 6.45) is 1.42. The van der Waals surface area contributed by atoms with Crippen LogP contribution in [0.2, 0.25) is 0 Å². The molecule has 0 saturated carbocycles. The van der Waals surface area contributed by atoms with Crippen molar-refractivity contribution >= 4 is 57.5 Å². The number of ether oxygens (including phenoxy) is 2. The maximum absolute atomic E-state index is 13.8. The molecule has 0 saturated heterocycles. The molecule has 356 valence electrons. The van der Waals surface area contributed by atoms with Crippen LogP contribution in [-0.2, 0) is 16.0 Å². The molecule has 10 nitrogen and oxygen atoms in total. The highest BCUT2D eigenvalue weighted by molar-refractivity contribution is 6.61. The Hall–Kier alpha value is -6.77. The van der Waals surface area contributed by atoms with Gasteiger partial charge in [0.25, 0.3) is 11.8 Å². The molecule has 0 aromatic heterocycles. The van der Waals surface area contributed by atoms with Crippen molar-refractivity contribution < 1.29 is 47.6 Å². The van der Waals surface area contributed by atoms with Gasteiger partial charge >= 0.3 is 11.5 Å². The van der Waals surface area contributed by atoms with Crippen LogP contribution in [0, 0.1) is 23.3 Å². The molecule has 2 aliphatic rings. The minimum Gasteiger partial charge on any atom is -0.454 e. The molecule has 2 aliphatic heterocycles. The van der Waals surface area contributed by atoms with Gasteiger partial charge in [0.1, 0.15) is 34.4 Å².